The Kier molecular flexibility index (Phi) is 4.73. The largest absolute Gasteiger partial charge is 0.339 e. The van der Waals surface area contributed by atoms with Crippen molar-refractivity contribution in [3.8, 4) is 5.69 Å². The van der Waals surface area contributed by atoms with Gasteiger partial charge in [-0.15, -0.1) is 5.10 Å². The van der Waals surface area contributed by atoms with Gasteiger partial charge in [0.15, 0.2) is 5.69 Å². The van der Waals surface area contributed by atoms with Gasteiger partial charge >= 0.3 is 0 Å². The summed E-state index contributed by atoms with van der Waals surface area (Å²) >= 11 is 0. The number of likely N-dealkylation sites (N-methyl/N-ethyl adjacent to an activating group) is 2. The van der Waals surface area contributed by atoms with Crippen LogP contribution in [0, 0.1) is 0 Å². The molecule has 1 unspecified atom stereocenters. The minimum Gasteiger partial charge on any atom is -0.339 e. The molecule has 3 aromatic rings. The minimum atomic E-state index is -0.107. The van der Waals surface area contributed by atoms with Crippen LogP contribution in [0.3, 0.4) is 0 Å². The van der Waals surface area contributed by atoms with E-state index in [1.807, 2.05) is 37.4 Å². The summed E-state index contributed by atoms with van der Waals surface area (Å²) in [5.74, 6) is -0.107. The molecule has 0 bridgehead atoms. The fraction of sp³-hybridized carbons (Fsp3) is 0.286. The smallest absolute Gasteiger partial charge is 0.275 e. The summed E-state index contributed by atoms with van der Waals surface area (Å²) in [5, 5.41) is 8.16. The maximum Gasteiger partial charge on any atom is 0.275 e. The van der Waals surface area contributed by atoms with Crippen LogP contribution in [0.15, 0.2) is 60.8 Å². The number of nitrogens with zero attached hydrogens (tertiary/aromatic N) is 5. The van der Waals surface area contributed by atoms with Crippen LogP contribution in [0.1, 0.15) is 21.6 Å². The van der Waals surface area contributed by atoms with Crippen molar-refractivity contribution >= 4 is 5.91 Å². The molecule has 1 atom stereocenters. The third kappa shape index (κ3) is 3.61. The normalized spacial score (nSPS) is 16.7. The van der Waals surface area contributed by atoms with Crippen LogP contribution in [-0.4, -0.2) is 57.4 Å². The fourth-order valence-electron chi connectivity index (χ4n) is 3.59. The lowest BCUT2D eigenvalue weighted by Crippen LogP contribution is -2.46. The maximum absolute atomic E-state index is 12.8. The van der Waals surface area contributed by atoms with E-state index in [1.54, 1.807) is 15.8 Å². The van der Waals surface area contributed by atoms with Gasteiger partial charge in [0, 0.05) is 26.2 Å². The molecule has 2 aromatic carbocycles. The van der Waals surface area contributed by atoms with Crippen LogP contribution in [-0.2, 0) is 13.0 Å². The van der Waals surface area contributed by atoms with Gasteiger partial charge in [0.1, 0.15) is 0 Å². The highest BCUT2D eigenvalue weighted by Gasteiger charge is 2.26. The molecule has 0 aliphatic carbocycles. The zero-order valence-corrected chi connectivity index (χ0v) is 15.6. The van der Waals surface area contributed by atoms with Crippen LogP contribution in [0.5, 0.6) is 0 Å². The average Bonchev–Trinajstić information content (AvgIpc) is 3.19. The number of amides is 1. The molecule has 0 fully saturated rings. The van der Waals surface area contributed by atoms with Crippen molar-refractivity contribution in [2.45, 2.75) is 19.0 Å². The van der Waals surface area contributed by atoms with Crippen LogP contribution in [0.4, 0.5) is 0 Å². The Balaban J connectivity index is 1.45. The third-order valence-electron chi connectivity index (χ3n) is 5.18. The molecule has 1 aromatic heterocycles. The first kappa shape index (κ1) is 17.4. The highest BCUT2D eigenvalue weighted by molar-refractivity contribution is 5.91. The minimum absolute atomic E-state index is 0.107. The van der Waals surface area contributed by atoms with Gasteiger partial charge in [0.2, 0.25) is 0 Å². The Morgan fingerprint density at radius 2 is 1.81 bits per heavy atom. The number of para-hydroxylation sites is 1. The first-order valence-corrected chi connectivity index (χ1v) is 9.12. The molecule has 0 spiro atoms. The molecule has 0 saturated heterocycles. The van der Waals surface area contributed by atoms with Gasteiger partial charge in [-0.25, -0.2) is 4.68 Å². The molecule has 1 amide bonds. The van der Waals surface area contributed by atoms with Crippen LogP contribution >= 0.6 is 0 Å². The van der Waals surface area contributed by atoms with Crippen molar-refractivity contribution in [2.75, 3.05) is 20.6 Å². The standard InChI is InChI=1S/C21H23N5O/c1-24-13-17-9-7-6-8-16(17)12-19(24)14-25(2)21(27)20-15-26(23-22-20)18-10-4-3-5-11-18/h3-11,15,19H,12-14H2,1-2H3. The quantitative estimate of drug-likeness (QED) is 0.716. The second kappa shape index (κ2) is 7.32. The van der Waals surface area contributed by atoms with E-state index >= 15 is 0 Å². The van der Waals surface area contributed by atoms with E-state index in [1.165, 1.54) is 11.1 Å². The molecular formula is C21H23N5O. The van der Waals surface area contributed by atoms with E-state index < -0.39 is 0 Å². The molecule has 138 valence electrons. The van der Waals surface area contributed by atoms with Crippen molar-refractivity contribution in [1.82, 2.24) is 24.8 Å². The van der Waals surface area contributed by atoms with Gasteiger partial charge in [-0.05, 0) is 36.7 Å². The van der Waals surface area contributed by atoms with Crippen molar-refractivity contribution < 1.29 is 4.79 Å². The van der Waals surface area contributed by atoms with E-state index in [-0.39, 0.29) is 11.9 Å². The molecule has 27 heavy (non-hydrogen) atoms. The molecule has 1 aliphatic rings. The predicted octanol–water partition coefficient (Wildman–Crippen LogP) is 2.40. The van der Waals surface area contributed by atoms with E-state index in [9.17, 15) is 4.79 Å². The van der Waals surface area contributed by atoms with Gasteiger partial charge in [-0.1, -0.05) is 47.7 Å². The topological polar surface area (TPSA) is 54.3 Å². The summed E-state index contributed by atoms with van der Waals surface area (Å²) in [7, 11) is 3.95. The lowest BCUT2D eigenvalue weighted by atomic mass is 9.94. The number of rotatable bonds is 4. The first-order chi connectivity index (χ1) is 13.1. The van der Waals surface area contributed by atoms with Gasteiger partial charge in [-0.3, -0.25) is 9.69 Å². The van der Waals surface area contributed by atoms with E-state index in [4.69, 9.17) is 0 Å². The summed E-state index contributed by atoms with van der Waals surface area (Å²) in [6.45, 7) is 1.56. The van der Waals surface area contributed by atoms with Crippen molar-refractivity contribution in [3.05, 3.63) is 77.6 Å². The number of aromatic nitrogens is 3. The third-order valence-corrected chi connectivity index (χ3v) is 5.18. The molecular weight excluding hydrogens is 338 g/mol. The van der Waals surface area contributed by atoms with E-state index in [0.29, 0.717) is 12.2 Å². The number of hydrogen-bond donors (Lipinski definition) is 0. The molecule has 0 N–H and O–H groups in total. The van der Waals surface area contributed by atoms with Gasteiger partial charge in [0.05, 0.1) is 11.9 Å². The first-order valence-electron chi connectivity index (χ1n) is 9.12. The molecule has 6 heteroatoms. The SMILES string of the molecule is CN(CC1Cc2ccccc2CN1C)C(=O)c1cn(-c2ccccc2)nn1. The van der Waals surface area contributed by atoms with E-state index in [2.05, 4.69) is 46.5 Å². The number of hydrogen-bond acceptors (Lipinski definition) is 4. The Morgan fingerprint density at radius 3 is 2.59 bits per heavy atom. The number of carbonyl (C=O) groups is 1. The molecule has 6 nitrogen and oxygen atoms in total. The predicted molar refractivity (Wildman–Crippen MR) is 104 cm³/mol. The summed E-state index contributed by atoms with van der Waals surface area (Å²) in [4.78, 5) is 16.9. The molecule has 1 aliphatic heterocycles. The van der Waals surface area contributed by atoms with Crippen molar-refractivity contribution in [3.63, 3.8) is 0 Å². The lowest BCUT2D eigenvalue weighted by Gasteiger charge is -2.36. The monoisotopic (exact) mass is 361 g/mol. The second-order valence-electron chi connectivity index (χ2n) is 7.11. The van der Waals surface area contributed by atoms with Gasteiger partial charge in [0.25, 0.3) is 5.91 Å². The van der Waals surface area contributed by atoms with Crippen LogP contribution < -0.4 is 0 Å². The Bertz CT molecular complexity index is 937. The molecule has 4 rings (SSSR count). The average molecular weight is 361 g/mol. The Labute approximate surface area is 159 Å². The van der Waals surface area contributed by atoms with Crippen LogP contribution in [0.2, 0.25) is 0 Å². The van der Waals surface area contributed by atoms with Gasteiger partial charge < -0.3 is 4.90 Å². The summed E-state index contributed by atoms with van der Waals surface area (Å²) in [5.41, 5.74) is 3.99. The summed E-state index contributed by atoms with van der Waals surface area (Å²) < 4.78 is 1.63. The zero-order chi connectivity index (χ0) is 18.8. The summed E-state index contributed by atoms with van der Waals surface area (Å²) in [6, 6.07) is 18.5. The highest BCUT2D eigenvalue weighted by Crippen LogP contribution is 2.22. The van der Waals surface area contributed by atoms with Crippen LogP contribution in [0.25, 0.3) is 5.69 Å². The number of benzene rings is 2. The zero-order valence-electron chi connectivity index (χ0n) is 15.6. The fourth-order valence-corrected chi connectivity index (χ4v) is 3.59. The lowest BCUT2D eigenvalue weighted by molar-refractivity contribution is 0.0727. The Morgan fingerprint density at radius 1 is 1.11 bits per heavy atom. The molecule has 2 heterocycles. The van der Waals surface area contributed by atoms with Crippen molar-refractivity contribution in [2.24, 2.45) is 0 Å². The second-order valence-corrected chi connectivity index (χ2v) is 7.11. The maximum atomic E-state index is 12.8. The highest BCUT2D eigenvalue weighted by atomic mass is 16.2. The number of fused-ring (bicyclic) bond motifs is 1. The van der Waals surface area contributed by atoms with Gasteiger partial charge in [-0.2, -0.15) is 0 Å². The molecule has 0 radical (unpaired) electrons. The summed E-state index contributed by atoms with van der Waals surface area (Å²) in [6.07, 6.45) is 2.63. The van der Waals surface area contributed by atoms with E-state index in [0.717, 1.165) is 18.7 Å². The molecule has 0 saturated carbocycles. The number of carbonyl (C=O) groups excluding carboxylic acids is 1. The van der Waals surface area contributed by atoms with Crippen molar-refractivity contribution in [1.29, 1.82) is 0 Å². The Hall–Kier alpha value is -2.99.